The van der Waals surface area contributed by atoms with Gasteiger partial charge in [-0.15, -0.1) is 0 Å². The van der Waals surface area contributed by atoms with Crippen LogP contribution in [-0.4, -0.2) is 36.6 Å². The fraction of sp³-hybridized carbons (Fsp3) is 0.909. The highest BCUT2D eigenvalue weighted by molar-refractivity contribution is 5.05. The van der Waals surface area contributed by atoms with Gasteiger partial charge in [0.2, 0.25) is 0 Å². The second kappa shape index (κ2) is 6.00. The number of rotatable bonds is 6. The van der Waals surface area contributed by atoms with Gasteiger partial charge in [-0.05, 0) is 33.9 Å². The van der Waals surface area contributed by atoms with E-state index in [1.165, 1.54) is 0 Å². The summed E-state index contributed by atoms with van der Waals surface area (Å²) in [6.45, 7) is 9.93. The molecule has 0 aromatic heterocycles. The topological polar surface area (TPSA) is 39.1 Å². The molecule has 0 heterocycles. The van der Waals surface area contributed by atoms with Crippen molar-refractivity contribution in [2.75, 3.05) is 20.1 Å². The predicted octanol–water partition coefficient (Wildman–Crippen LogP) is 1.61. The van der Waals surface area contributed by atoms with Crippen LogP contribution >= 0.6 is 0 Å². The van der Waals surface area contributed by atoms with Crippen LogP contribution in [0.15, 0.2) is 0 Å². The molecule has 0 aliphatic heterocycles. The van der Waals surface area contributed by atoms with Gasteiger partial charge in [-0.1, -0.05) is 13.8 Å². The van der Waals surface area contributed by atoms with E-state index in [1.807, 2.05) is 13.8 Å². The summed E-state index contributed by atoms with van der Waals surface area (Å²) in [5, 5.41) is 12.3. The third-order valence-corrected chi connectivity index (χ3v) is 2.72. The molecule has 0 saturated carbocycles. The second-order valence-electron chi connectivity index (χ2n) is 4.15. The van der Waals surface area contributed by atoms with Gasteiger partial charge in [0.1, 0.15) is 5.54 Å². The first-order valence-electron chi connectivity index (χ1n) is 5.35. The SMILES string of the molecule is CCNC(C)(C#N)CN(C)C(C)CC. The Hall–Kier alpha value is -0.590. The van der Waals surface area contributed by atoms with Crippen molar-refractivity contribution >= 4 is 0 Å². The Morgan fingerprint density at radius 1 is 1.50 bits per heavy atom. The van der Waals surface area contributed by atoms with Crippen molar-refractivity contribution in [3.05, 3.63) is 0 Å². The van der Waals surface area contributed by atoms with Gasteiger partial charge in [0, 0.05) is 12.6 Å². The zero-order chi connectivity index (χ0) is 11.2. The molecule has 0 spiro atoms. The Balaban J connectivity index is 4.25. The van der Waals surface area contributed by atoms with Crippen LogP contribution in [0.3, 0.4) is 0 Å². The van der Waals surface area contributed by atoms with Gasteiger partial charge in [0.25, 0.3) is 0 Å². The van der Waals surface area contributed by atoms with Crippen LogP contribution < -0.4 is 5.32 Å². The lowest BCUT2D eigenvalue weighted by Crippen LogP contribution is -2.51. The molecule has 3 nitrogen and oxygen atoms in total. The monoisotopic (exact) mass is 197 g/mol. The summed E-state index contributed by atoms with van der Waals surface area (Å²) >= 11 is 0. The Kier molecular flexibility index (Phi) is 5.75. The van der Waals surface area contributed by atoms with Crippen LogP contribution in [-0.2, 0) is 0 Å². The minimum atomic E-state index is -0.424. The van der Waals surface area contributed by atoms with Gasteiger partial charge in [-0.2, -0.15) is 5.26 Å². The van der Waals surface area contributed by atoms with E-state index in [0.29, 0.717) is 6.04 Å². The molecule has 0 amide bonds. The van der Waals surface area contributed by atoms with Gasteiger partial charge in [-0.3, -0.25) is 5.32 Å². The lowest BCUT2D eigenvalue weighted by Gasteiger charge is -2.31. The van der Waals surface area contributed by atoms with Crippen LogP contribution in [0.25, 0.3) is 0 Å². The first-order chi connectivity index (χ1) is 6.49. The Labute approximate surface area is 88.1 Å². The first-order valence-corrected chi connectivity index (χ1v) is 5.35. The maximum atomic E-state index is 9.08. The van der Waals surface area contributed by atoms with Gasteiger partial charge < -0.3 is 4.90 Å². The number of likely N-dealkylation sites (N-methyl/N-ethyl adjacent to an activating group) is 2. The van der Waals surface area contributed by atoms with Gasteiger partial charge in [0.05, 0.1) is 6.07 Å². The van der Waals surface area contributed by atoms with Crippen molar-refractivity contribution in [2.24, 2.45) is 0 Å². The Morgan fingerprint density at radius 2 is 2.07 bits per heavy atom. The number of nitrogens with one attached hydrogen (secondary N) is 1. The summed E-state index contributed by atoms with van der Waals surface area (Å²) in [5.74, 6) is 0. The van der Waals surface area contributed by atoms with E-state index in [-0.39, 0.29) is 0 Å². The maximum absolute atomic E-state index is 9.08. The summed E-state index contributed by atoms with van der Waals surface area (Å²) in [6, 6.07) is 2.87. The van der Waals surface area contributed by atoms with Crippen molar-refractivity contribution < 1.29 is 0 Å². The van der Waals surface area contributed by atoms with Crippen LogP contribution in [0.1, 0.15) is 34.1 Å². The van der Waals surface area contributed by atoms with Crippen molar-refractivity contribution in [3.63, 3.8) is 0 Å². The van der Waals surface area contributed by atoms with E-state index in [9.17, 15) is 0 Å². The maximum Gasteiger partial charge on any atom is 0.116 e. The summed E-state index contributed by atoms with van der Waals surface area (Å²) in [7, 11) is 2.07. The summed E-state index contributed by atoms with van der Waals surface area (Å²) in [4.78, 5) is 2.23. The van der Waals surface area contributed by atoms with Gasteiger partial charge >= 0.3 is 0 Å². The third-order valence-electron chi connectivity index (χ3n) is 2.72. The van der Waals surface area contributed by atoms with E-state index in [1.54, 1.807) is 0 Å². The van der Waals surface area contributed by atoms with Crippen molar-refractivity contribution in [1.29, 1.82) is 5.26 Å². The van der Waals surface area contributed by atoms with E-state index >= 15 is 0 Å². The molecule has 0 aliphatic rings. The Morgan fingerprint density at radius 3 is 2.43 bits per heavy atom. The highest BCUT2D eigenvalue weighted by atomic mass is 15.2. The molecule has 0 aromatic rings. The highest BCUT2D eigenvalue weighted by Gasteiger charge is 2.25. The molecule has 0 rings (SSSR count). The molecular formula is C11H23N3. The summed E-state index contributed by atoms with van der Waals surface area (Å²) in [5.41, 5.74) is -0.424. The van der Waals surface area contributed by atoms with Gasteiger partial charge in [-0.25, -0.2) is 0 Å². The normalized spacial score (nSPS) is 17.5. The van der Waals surface area contributed by atoms with Crippen LogP contribution in [0.4, 0.5) is 0 Å². The predicted molar refractivity (Wildman–Crippen MR) is 60.1 cm³/mol. The van der Waals surface area contributed by atoms with Crippen LogP contribution in [0, 0.1) is 11.3 Å². The third kappa shape index (κ3) is 4.08. The number of hydrogen-bond acceptors (Lipinski definition) is 3. The minimum Gasteiger partial charge on any atom is -0.301 e. The lowest BCUT2D eigenvalue weighted by atomic mass is 10.0. The molecule has 1 N–H and O–H groups in total. The number of nitrogens with zero attached hydrogens (tertiary/aromatic N) is 2. The van der Waals surface area contributed by atoms with Gasteiger partial charge in [0.15, 0.2) is 0 Å². The van der Waals surface area contributed by atoms with E-state index in [2.05, 4.69) is 37.2 Å². The molecule has 2 unspecified atom stereocenters. The quantitative estimate of drug-likeness (QED) is 0.703. The smallest absolute Gasteiger partial charge is 0.116 e. The van der Waals surface area contributed by atoms with E-state index in [4.69, 9.17) is 5.26 Å². The zero-order valence-corrected chi connectivity index (χ0v) is 10.1. The lowest BCUT2D eigenvalue weighted by molar-refractivity contribution is 0.205. The highest BCUT2D eigenvalue weighted by Crippen LogP contribution is 2.08. The standard InChI is InChI=1S/C11H23N3/c1-6-10(3)14(5)9-11(4,8-12)13-7-2/h10,13H,6-7,9H2,1-5H3. The van der Waals surface area contributed by atoms with E-state index in [0.717, 1.165) is 19.5 Å². The van der Waals surface area contributed by atoms with Crippen molar-refractivity contribution in [1.82, 2.24) is 10.2 Å². The molecule has 3 heteroatoms. The zero-order valence-electron chi connectivity index (χ0n) is 10.1. The molecule has 0 radical (unpaired) electrons. The molecule has 0 bridgehead atoms. The Bertz CT molecular complexity index is 197. The van der Waals surface area contributed by atoms with Crippen LogP contribution in [0.2, 0.25) is 0 Å². The molecule has 0 aliphatic carbocycles. The molecule has 2 atom stereocenters. The summed E-state index contributed by atoms with van der Waals surface area (Å²) < 4.78 is 0. The molecule has 82 valence electrons. The molecular weight excluding hydrogens is 174 g/mol. The fourth-order valence-corrected chi connectivity index (χ4v) is 1.49. The molecule has 0 saturated heterocycles. The average molecular weight is 197 g/mol. The molecule has 14 heavy (non-hydrogen) atoms. The van der Waals surface area contributed by atoms with Crippen LogP contribution in [0.5, 0.6) is 0 Å². The number of nitriles is 1. The molecule has 0 aromatic carbocycles. The molecule has 0 fully saturated rings. The second-order valence-corrected chi connectivity index (χ2v) is 4.15. The first kappa shape index (κ1) is 13.4. The fourth-order valence-electron chi connectivity index (χ4n) is 1.49. The van der Waals surface area contributed by atoms with E-state index < -0.39 is 5.54 Å². The van der Waals surface area contributed by atoms with Crippen molar-refractivity contribution in [2.45, 2.75) is 45.7 Å². The average Bonchev–Trinajstić information content (AvgIpc) is 2.16. The minimum absolute atomic E-state index is 0.424. The summed E-state index contributed by atoms with van der Waals surface area (Å²) in [6.07, 6.45) is 1.12. The number of hydrogen-bond donors (Lipinski definition) is 1. The van der Waals surface area contributed by atoms with Crippen molar-refractivity contribution in [3.8, 4) is 6.07 Å². The largest absolute Gasteiger partial charge is 0.301 e.